The highest BCUT2D eigenvalue weighted by Crippen LogP contribution is 2.43. The Morgan fingerprint density at radius 2 is 1.67 bits per heavy atom. The van der Waals surface area contributed by atoms with Crippen molar-refractivity contribution in [2.24, 2.45) is 5.92 Å². The lowest BCUT2D eigenvalue weighted by molar-refractivity contribution is -0.0257. The van der Waals surface area contributed by atoms with Crippen LogP contribution in [-0.4, -0.2) is 22.8 Å². The maximum atomic E-state index is 10.6. The lowest BCUT2D eigenvalue weighted by atomic mass is 9.64. The third-order valence-corrected chi connectivity index (χ3v) is 5.99. The zero-order chi connectivity index (χ0) is 15.1. The van der Waals surface area contributed by atoms with Crippen molar-refractivity contribution in [2.75, 3.05) is 0 Å². The number of hydrogen-bond donors (Lipinski definition) is 2. The minimum absolute atomic E-state index is 0.0628. The summed E-state index contributed by atoms with van der Waals surface area (Å²) in [5.41, 5.74) is 0.266. The average Bonchev–Trinajstić information content (AvgIpc) is 2.47. The van der Waals surface area contributed by atoms with E-state index in [2.05, 4.69) is 19.2 Å². The van der Waals surface area contributed by atoms with Crippen LogP contribution in [0.5, 0.6) is 0 Å². The minimum Gasteiger partial charge on any atom is -0.393 e. The van der Waals surface area contributed by atoms with Gasteiger partial charge in [0.05, 0.1) is 6.10 Å². The lowest BCUT2D eigenvalue weighted by Crippen LogP contribution is -2.62. The summed E-state index contributed by atoms with van der Waals surface area (Å²) in [6.07, 6.45) is 16.6. The van der Waals surface area contributed by atoms with Crippen LogP contribution in [0.15, 0.2) is 0 Å². The van der Waals surface area contributed by atoms with Crippen molar-refractivity contribution in [3.63, 3.8) is 0 Å². The molecule has 1 heterocycles. The van der Waals surface area contributed by atoms with Gasteiger partial charge in [0.1, 0.15) is 0 Å². The first-order valence-electron chi connectivity index (χ1n) is 9.67. The Balaban J connectivity index is 1.98. The summed E-state index contributed by atoms with van der Waals surface area (Å²) in [5, 5.41) is 14.6. The fraction of sp³-hybridized carbons (Fsp3) is 1.00. The molecule has 0 aromatic heterocycles. The number of aliphatic hydroxyl groups excluding tert-OH is 1. The van der Waals surface area contributed by atoms with Crippen molar-refractivity contribution in [3.8, 4) is 0 Å². The van der Waals surface area contributed by atoms with Gasteiger partial charge in [-0.2, -0.15) is 0 Å². The fourth-order valence-corrected chi connectivity index (χ4v) is 4.84. The van der Waals surface area contributed by atoms with Crippen LogP contribution < -0.4 is 5.32 Å². The smallest absolute Gasteiger partial charge is 0.0586 e. The molecule has 2 aliphatic rings. The SMILES string of the molecule is CCCCC[C@@H]1CCC[C@@]2(CCC[C@@H](O)[C@@H]2CCCC)N1. The summed E-state index contributed by atoms with van der Waals surface area (Å²) < 4.78 is 0. The number of piperidine rings is 1. The van der Waals surface area contributed by atoms with E-state index in [0.29, 0.717) is 12.0 Å². The van der Waals surface area contributed by atoms with Crippen molar-refractivity contribution >= 4 is 0 Å². The van der Waals surface area contributed by atoms with Crippen molar-refractivity contribution in [1.29, 1.82) is 0 Å². The van der Waals surface area contributed by atoms with Crippen molar-refractivity contribution in [3.05, 3.63) is 0 Å². The van der Waals surface area contributed by atoms with Crippen molar-refractivity contribution in [1.82, 2.24) is 5.32 Å². The van der Waals surface area contributed by atoms with Crippen LogP contribution in [0.1, 0.15) is 97.3 Å². The maximum absolute atomic E-state index is 10.6. The predicted octanol–water partition coefficient (Wildman–Crippen LogP) is 4.80. The second-order valence-electron chi connectivity index (χ2n) is 7.59. The van der Waals surface area contributed by atoms with Gasteiger partial charge in [-0.25, -0.2) is 0 Å². The van der Waals surface area contributed by atoms with Gasteiger partial charge in [0.2, 0.25) is 0 Å². The summed E-state index contributed by atoms with van der Waals surface area (Å²) in [6.45, 7) is 4.55. The van der Waals surface area contributed by atoms with E-state index in [1.165, 1.54) is 77.0 Å². The van der Waals surface area contributed by atoms with Gasteiger partial charge in [-0.05, 0) is 44.9 Å². The molecule has 2 heteroatoms. The molecule has 0 radical (unpaired) electrons. The van der Waals surface area contributed by atoms with Gasteiger partial charge in [-0.1, -0.05) is 52.4 Å². The van der Waals surface area contributed by atoms with Gasteiger partial charge in [0.25, 0.3) is 0 Å². The molecule has 4 atom stereocenters. The average molecular weight is 296 g/mol. The first-order chi connectivity index (χ1) is 10.2. The summed E-state index contributed by atoms with van der Waals surface area (Å²) in [6, 6.07) is 0.708. The highest BCUT2D eigenvalue weighted by Gasteiger charge is 2.46. The lowest BCUT2D eigenvalue weighted by Gasteiger charge is -2.52. The Morgan fingerprint density at radius 3 is 2.38 bits per heavy atom. The molecule has 1 saturated heterocycles. The van der Waals surface area contributed by atoms with Crippen LogP contribution >= 0.6 is 0 Å². The number of rotatable bonds is 7. The van der Waals surface area contributed by atoms with Gasteiger partial charge in [0.15, 0.2) is 0 Å². The molecule has 1 aliphatic carbocycles. The summed E-state index contributed by atoms with van der Waals surface area (Å²) >= 11 is 0. The molecule has 0 aromatic rings. The zero-order valence-electron chi connectivity index (χ0n) is 14.4. The van der Waals surface area contributed by atoms with Gasteiger partial charge >= 0.3 is 0 Å². The van der Waals surface area contributed by atoms with Gasteiger partial charge in [0, 0.05) is 17.5 Å². The first kappa shape index (κ1) is 17.3. The van der Waals surface area contributed by atoms with E-state index in [-0.39, 0.29) is 11.6 Å². The predicted molar refractivity (Wildman–Crippen MR) is 90.5 cm³/mol. The summed E-state index contributed by atoms with van der Waals surface area (Å²) in [7, 11) is 0. The normalized spacial score (nSPS) is 37.0. The molecule has 0 bridgehead atoms. The van der Waals surface area contributed by atoms with E-state index in [9.17, 15) is 5.11 Å². The molecule has 2 N–H and O–H groups in total. The molecule has 2 fully saturated rings. The molecule has 0 unspecified atom stereocenters. The molecule has 2 rings (SSSR count). The second-order valence-corrected chi connectivity index (χ2v) is 7.59. The standard InChI is InChI=1S/C19H37NO/c1-3-5-7-10-16-11-8-14-19(20-16)15-9-13-18(21)17(19)12-6-4-2/h16-18,20-21H,3-15H2,1-2H3/t16-,17+,18-,19+/m1/s1. The highest BCUT2D eigenvalue weighted by molar-refractivity contribution is 5.04. The highest BCUT2D eigenvalue weighted by atomic mass is 16.3. The third kappa shape index (κ3) is 4.45. The van der Waals surface area contributed by atoms with Crippen LogP contribution in [-0.2, 0) is 0 Å². The Kier molecular flexibility index (Phi) is 7.01. The molecule has 124 valence electrons. The first-order valence-corrected chi connectivity index (χ1v) is 9.67. The molecule has 0 amide bonds. The molecule has 1 spiro atoms. The van der Waals surface area contributed by atoms with Crippen LogP contribution in [0, 0.1) is 5.92 Å². The Bertz CT molecular complexity index is 289. The molecular weight excluding hydrogens is 258 g/mol. The Labute approximate surface area is 132 Å². The van der Waals surface area contributed by atoms with E-state index in [1.807, 2.05) is 0 Å². The Hall–Kier alpha value is -0.0800. The van der Waals surface area contributed by atoms with Gasteiger partial charge < -0.3 is 10.4 Å². The summed E-state index contributed by atoms with van der Waals surface area (Å²) in [4.78, 5) is 0. The minimum atomic E-state index is -0.0628. The molecule has 0 aromatic carbocycles. The van der Waals surface area contributed by atoms with Crippen LogP contribution in [0.4, 0.5) is 0 Å². The monoisotopic (exact) mass is 295 g/mol. The third-order valence-electron chi connectivity index (χ3n) is 5.99. The molecule has 1 saturated carbocycles. The van der Waals surface area contributed by atoms with Gasteiger partial charge in [-0.3, -0.25) is 0 Å². The maximum Gasteiger partial charge on any atom is 0.0586 e. The molecule has 1 aliphatic heterocycles. The summed E-state index contributed by atoms with van der Waals surface area (Å²) in [5.74, 6) is 0.500. The van der Waals surface area contributed by atoms with Crippen LogP contribution in [0.3, 0.4) is 0 Å². The van der Waals surface area contributed by atoms with Crippen molar-refractivity contribution < 1.29 is 5.11 Å². The molecule has 2 nitrogen and oxygen atoms in total. The van der Waals surface area contributed by atoms with E-state index in [1.54, 1.807) is 0 Å². The molecular formula is C19H37NO. The number of hydrogen-bond acceptors (Lipinski definition) is 2. The second kappa shape index (κ2) is 8.53. The zero-order valence-corrected chi connectivity index (χ0v) is 14.4. The van der Waals surface area contributed by atoms with Crippen LogP contribution in [0.2, 0.25) is 0 Å². The van der Waals surface area contributed by atoms with Crippen molar-refractivity contribution in [2.45, 2.75) is 115 Å². The quantitative estimate of drug-likeness (QED) is 0.661. The largest absolute Gasteiger partial charge is 0.393 e. The topological polar surface area (TPSA) is 32.3 Å². The number of nitrogens with one attached hydrogen (secondary N) is 1. The molecule has 21 heavy (non-hydrogen) atoms. The fourth-order valence-electron chi connectivity index (χ4n) is 4.84. The van der Waals surface area contributed by atoms with E-state index in [0.717, 1.165) is 6.42 Å². The Morgan fingerprint density at radius 1 is 0.952 bits per heavy atom. The van der Waals surface area contributed by atoms with Crippen LogP contribution in [0.25, 0.3) is 0 Å². The van der Waals surface area contributed by atoms with E-state index in [4.69, 9.17) is 0 Å². The van der Waals surface area contributed by atoms with E-state index >= 15 is 0 Å². The van der Waals surface area contributed by atoms with E-state index < -0.39 is 0 Å². The number of aliphatic hydroxyl groups is 1. The number of unbranched alkanes of at least 4 members (excludes halogenated alkanes) is 3. The van der Waals surface area contributed by atoms with Gasteiger partial charge in [-0.15, -0.1) is 0 Å².